The number of rotatable bonds is 7. The summed E-state index contributed by atoms with van der Waals surface area (Å²) in [5.41, 5.74) is -0.738. The van der Waals surface area contributed by atoms with E-state index in [1.54, 1.807) is 30.6 Å². The highest BCUT2D eigenvalue weighted by atomic mass is 32.2. The first-order valence-corrected chi connectivity index (χ1v) is 10.3. The summed E-state index contributed by atoms with van der Waals surface area (Å²) in [4.78, 5) is 38.9. The zero-order chi connectivity index (χ0) is 21.3. The van der Waals surface area contributed by atoms with Gasteiger partial charge in [-0.2, -0.15) is 17.0 Å². The molecule has 1 unspecified atom stereocenters. The van der Waals surface area contributed by atoms with E-state index in [0.717, 1.165) is 0 Å². The Bertz CT molecular complexity index is 645. The summed E-state index contributed by atoms with van der Waals surface area (Å²) in [6.07, 6.45) is 3.13. The lowest BCUT2D eigenvalue weighted by molar-refractivity contribution is -0.141. The van der Waals surface area contributed by atoms with Gasteiger partial charge >= 0.3 is 12.1 Å². The Hall–Kier alpha value is -2.41. The number of carboxylic acids is 1. The summed E-state index contributed by atoms with van der Waals surface area (Å²) in [6, 6.07) is 0.778. The van der Waals surface area contributed by atoms with Crippen LogP contribution >= 0.6 is 11.8 Å². The lowest BCUT2D eigenvalue weighted by Crippen LogP contribution is -2.48. The second-order valence-electron chi connectivity index (χ2n) is 7.30. The molecule has 1 fully saturated rings. The molecule has 0 bridgehead atoms. The molecule has 0 spiro atoms. The number of piperazine rings is 1. The first-order chi connectivity index (χ1) is 13.1. The van der Waals surface area contributed by atoms with Gasteiger partial charge in [0.05, 0.1) is 0 Å². The number of nitriles is 1. The number of hydrogen-bond donors (Lipinski definition) is 2. The maximum Gasteiger partial charge on any atom is 0.410 e. The van der Waals surface area contributed by atoms with Gasteiger partial charge in [0.15, 0.2) is 0 Å². The van der Waals surface area contributed by atoms with Gasteiger partial charge in [-0.15, -0.1) is 0 Å². The quantitative estimate of drug-likeness (QED) is 0.473. The van der Waals surface area contributed by atoms with Crippen LogP contribution in [0.1, 0.15) is 27.2 Å². The molecule has 1 atom stereocenters. The van der Waals surface area contributed by atoms with Crippen molar-refractivity contribution in [2.75, 3.05) is 38.2 Å². The van der Waals surface area contributed by atoms with Crippen LogP contribution in [0.25, 0.3) is 0 Å². The van der Waals surface area contributed by atoms with Crippen molar-refractivity contribution in [3.8, 4) is 6.07 Å². The minimum Gasteiger partial charge on any atom is -0.480 e. The molecule has 0 aliphatic carbocycles. The highest BCUT2D eigenvalue weighted by Gasteiger charge is 2.26. The molecule has 2 N–H and O–H groups in total. The number of nitrogens with zero attached hydrogens (tertiary/aromatic N) is 3. The number of amides is 2. The highest BCUT2D eigenvalue weighted by molar-refractivity contribution is 7.98. The maximum absolute atomic E-state index is 12.3. The Kier molecular flexibility index (Phi) is 9.12. The number of carbonyl (C=O) groups is 3. The second-order valence-corrected chi connectivity index (χ2v) is 8.29. The van der Waals surface area contributed by atoms with Crippen molar-refractivity contribution < 1.29 is 24.2 Å². The molecule has 1 saturated heterocycles. The average Bonchev–Trinajstić information content (AvgIpc) is 2.61. The topological polar surface area (TPSA) is 123 Å². The molecule has 9 nitrogen and oxygen atoms in total. The Morgan fingerprint density at radius 2 is 1.89 bits per heavy atom. The molecule has 0 aromatic carbocycles. The molecule has 1 heterocycles. The summed E-state index contributed by atoms with van der Waals surface area (Å²) in [5, 5.41) is 20.9. The lowest BCUT2D eigenvalue weighted by atomic mass is 10.2. The van der Waals surface area contributed by atoms with Crippen LogP contribution in [0.5, 0.6) is 0 Å². The smallest absolute Gasteiger partial charge is 0.410 e. The van der Waals surface area contributed by atoms with Crippen LogP contribution in [0.15, 0.2) is 11.8 Å². The van der Waals surface area contributed by atoms with E-state index in [1.807, 2.05) is 12.3 Å². The van der Waals surface area contributed by atoms with Gasteiger partial charge in [-0.05, 0) is 39.2 Å². The van der Waals surface area contributed by atoms with Crippen LogP contribution in [0.2, 0.25) is 0 Å². The number of hydrogen-bond acceptors (Lipinski definition) is 7. The summed E-state index contributed by atoms with van der Waals surface area (Å²) in [7, 11) is 0. The van der Waals surface area contributed by atoms with E-state index < -0.39 is 29.6 Å². The van der Waals surface area contributed by atoms with Gasteiger partial charge in [-0.3, -0.25) is 4.79 Å². The number of nitrogens with one attached hydrogen (secondary N) is 1. The third-order valence-corrected chi connectivity index (χ3v) is 4.50. The van der Waals surface area contributed by atoms with Gasteiger partial charge in [0.1, 0.15) is 23.3 Å². The number of thioether (sulfide) groups is 1. The number of carboxylic acid groups (broad SMARTS) is 1. The largest absolute Gasteiger partial charge is 0.480 e. The lowest BCUT2D eigenvalue weighted by Gasteiger charge is -2.35. The van der Waals surface area contributed by atoms with Crippen molar-refractivity contribution in [3.05, 3.63) is 11.8 Å². The maximum atomic E-state index is 12.3. The molecule has 2 amide bonds. The van der Waals surface area contributed by atoms with Crippen molar-refractivity contribution in [2.45, 2.75) is 38.8 Å². The Labute approximate surface area is 169 Å². The zero-order valence-electron chi connectivity index (χ0n) is 16.7. The second kappa shape index (κ2) is 10.8. The Morgan fingerprint density at radius 1 is 1.29 bits per heavy atom. The van der Waals surface area contributed by atoms with E-state index in [9.17, 15) is 24.8 Å². The molecule has 10 heteroatoms. The van der Waals surface area contributed by atoms with Crippen molar-refractivity contribution in [1.82, 2.24) is 15.1 Å². The number of ether oxygens (including phenoxy) is 1. The fourth-order valence-corrected chi connectivity index (χ4v) is 2.88. The molecule has 156 valence electrons. The molecule has 0 aromatic heterocycles. The van der Waals surface area contributed by atoms with E-state index >= 15 is 0 Å². The van der Waals surface area contributed by atoms with Gasteiger partial charge in [-0.25, -0.2) is 9.59 Å². The van der Waals surface area contributed by atoms with Crippen molar-refractivity contribution in [2.24, 2.45) is 0 Å². The molecule has 0 aromatic rings. The molecule has 1 aliphatic heterocycles. The van der Waals surface area contributed by atoms with Crippen molar-refractivity contribution in [3.63, 3.8) is 0 Å². The predicted molar refractivity (Wildman–Crippen MR) is 106 cm³/mol. The van der Waals surface area contributed by atoms with E-state index in [4.69, 9.17) is 4.74 Å². The minimum atomic E-state index is -1.13. The van der Waals surface area contributed by atoms with Crippen LogP contribution < -0.4 is 5.32 Å². The summed E-state index contributed by atoms with van der Waals surface area (Å²) in [5.74, 6) is -1.27. The fraction of sp³-hybridized carbons (Fsp3) is 0.667. The van der Waals surface area contributed by atoms with Crippen LogP contribution in [0.4, 0.5) is 4.79 Å². The number of aliphatic carboxylic acids is 1. The Balaban J connectivity index is 2.66. The monoisotopic (exact) mass is 412 g/mol. The van der Waals surface area contributed by atoms with E-state index in [-0.39, 0.29) is 12.0 Å². The normalized spacial score (nSPS) is 16.2. The SMILES string of the molecule is CSCCC(NC(=O)/C(C#N)=C\N1CCN(C(=O)OC(C)(C)C)CC1)C(=O)O. The molecule has 28 heavy (non-hydrogen) atoms. The first-order valence-electron chi connectivity index (χ1n) is 8.94. The Morgan fingerprint density at radius 3 is 2.36 bits per heavy atom. The third kappa shape index (κ3) is 8.08. The molecular weight excluding hydrogens is 384 g/mol. The molecule has 1 aliphatic rings. The van der Waals surface area contributed by atoms with E-state index in [0.29, 0.717) is 31.9 Å². The standard InChI is InChI=1S/C18H28N4O5S/c1-18(2,3)27-17(26)22-8-6-21(7-9-22)12-13(11-19)15(23)20-14(16(24)25)5-10-28-4/h12,14H,5-10H2,1-4H3,(H,20,23)(H,24,25)/b13-12-. The van der Waals surface area contributed by atoms with Crippen LogP contribution in [-0.2, 0) is 14.3 Å². The van der Waals surface area contributed by atoms with Gasteiger partial charge < -0.3 is 25.0 Å². The summed E-state index contributed by atoms with van der Waals surface area (Å²) in [6.45, 7) is 7.06. The van der Waals surface area contributed by atoms with Gasteiger partial charge in [-0.1, -0.05) is 0 Å². The zero-order valence-corrected chi connectivity index (χ0v) is 17.5. The molecular formula is C18H28N4O5S. The fourth-order valence-electron chi connectivity index (χ4n) is 2.41. The van der Waals surface area contributed by atoms with Crippen LogP contribution in [0.3, 0.4) is 0 Å². The van der Waals surface area contributed by atoms with Gasteiger partial charge in [0, 0.05) is 32.4 Å². The van der Waals surface area contributed by atoms with E-state index in [2.05, 4.69) is 5.32 Å². The highest BCUT2D eigenvalue weighted by Crippen LogP contribution is 2.12. The number of carbonyl (C=O) groups excluding carboxylic acids is 2. The molecule has 1 rings (SSSR count). The van der Waals surface area contributed by atoms with Gasteiger partial charge in [0.25, 0.3) is 5.91 Å². The first kappa shape index (κ1) is 23.6. The van der Waals surface area contributed by atoms with Crippen molar-refractivity contribution in [1.29, 1.82) is 5.26 Å². The summed E-state index contributed by atoms with van der Waals surface area (Å²) < 4.78 is 5.33. The van der Waals surface area contributed by atoms with Crippen LogP contribution in [0, 0.1) is 11.3 Å². The van der Waals surface area contributed by atoms with Gasteiger partial charge in [0.2, 0.25) is 0 Å². The third-order valence-electron chi connectivity index (χ3n) is 3.86. The minimum absolute atomic E-state index is 0.166. The molecule has 0 radical (unpaired) electrons. The molecule has 0 saturated carbocycles. The summed E-state index contributed by atoms with van der Waals surface area (Å²) >= 11 is 1.48. The van der Waals surface area contributed by atoms with Crippen LogP contribution in [-0.4, -0.2) is 82.7 Å². The average molecular weight is 413 g/mol. The van der Waals surface area contributed by atoms with E-state index in [1.165, 1.54) is 18.0 Å². The van der Waals surface area contributed by atoms with Crippen molar-refractivity contribution >= 4 is 29.7 Å². The predicted octanol–water partition coefficient (Wildman–Crippen LogP) is 1.27.